The molecule has 2 rings (SSSR count). The number of nitrogens with zero attached hydrogens (tertiary/aromatic N) is 1. The molecule has 21 heavy (non-hydrogen) atoms. The Kier molecular flexibility index (Phi) is 5.27. The van der Waals surface area contributed by atoms with E-state index in [4.69, 9.17) is 14.2 Å². The Morgan fingerprint density at radius 1 is 1.10 bits per heavy atom. The molecule has 1 aromatic carbocycles. The molecule has 0 unspecified atom stereocenters. The van der Waals surface area contributed by atoms with Crippen molar-refractivity contribution in [3.05, 3.63) is 40.6 Å². The van der Waals surface area contributed by atoms with Crippen LogP contribution in [0.15, 0.2) is 35.1 Å². The second-order valence-corrected chi connectivity index (χ2v) is 4.98. The van der Waals surface area contributed by atoms with Gasteiger partial charge in [-0.05, 0) is 45.8 Å². The average molecular weight is 353 g/mol. The molecule has 0 aliphatic rings. The van der Waals surface area contributed by atoms with Crippen molar-refractivity contribution in [1.29, 1.82) is 0 Å². The van der Waals surface area contributed by atoms with E-state index in [9.17, 15) is 0 Å². The fourth-order valence-electron chi connectivity index (χ4n) is 1.95. The summed E-state index contributed by atoms with van der Waals surface area (Å²) in [4.78, 5) is 4.17. The van der Waals surface area contributed by atoms with E-state index < -0.39 is 0 Å². The molecule has 2 aromatic rings. The van der Waals surface area contributed by atoms with E-state index in [1.807, 2.05) is 24.3 Å². The van der Waals surface area contributed by atoms with Crippen LogP contribution in [0.25, 0.3) is 0 Å². The number of rotatable bonds is 6. The molecule has 0 fully saturated rings. The predicted molar refractivity (Wildman–Crippen MR) is 85.4 cm³/mol. The van der Waals surface area contributed by atoms with Crippen LogP contribution in [0, 0.1) is 0 Å². The van der Waals surface area contributed by atoms with Crippen molar-refractivity contribution in [2.24, 2.45) is 0 Å². The Morgan fingerprint density at radius 3 is 2.29 bits per heavy atom. The summed E-state index contributed by atoms with van der Waals surface area (Å²) in [6.45, 7) is 0.612. The molecular formula is C15H17BrN2O3. The molecule has 112 valence electrons. The van der Waals surface area contributed by atoms with Crippen LogP contribution in [0.5, 0.6) is 17.2 Å². The highest BCUT2D eigenvalue weighted by Crippen LogP contribution is 2.38. The minimum absolute atomic E-state index is 0.589. The standard InChI is InChI=1S/C15H17BrN2O3/c1-19-12-7-10(8-13(20-2)14(12)21-3)9-18-11-5-4-6-17-15(11)16/h4-8,18H,9H2,1-3H3. The molecule has 0 bridgehead atoms. The summed E-state index contributed by atoms with van der Waals surface area (Å²) < 4.78 is 16.8. The average Bonchev–Trinajstić information content (AvgIpc) is 2.52. The normalized spacial score (nSPS) is 10.1. The molecule has 1 aromatic heterocycles. The molecule has 5 nitrogen and oxygen atoms in total. The van der Waals surface area contributed by atoms with Crippen molar-refractivity contribution in [3.8, 4) is 17.2 Å². The lowest BCUT2D eigenvalue weighted by Crippen LogP contribution is -2.03. The van der Waals surface area contributed by atoms with E-state index in [1.165, 1.54) is 0 Å². The highest BCUT2D eigenvalue weighted by atomic mass is 79.9. The van der Waals surface area contributed by atoms with Crippen LogP contribution in [-0.4, -0.2) is 26.3 Å². The summed E-state index contributed by atoms with van der Waals surface area (Å²) in [6, 6.07) is 7.66. The number of hydrogen-bond donors (Lipinski definition) is 1. The van der Waals surface area contributed by atoms with Crippen molar-refractivity contribution in [2.45, 2.75) is 6.54 Å². The molecule has 0 aliphatic carbocycles. The van der Waals surface area contributed by atoms with Crippen LogP contribution in [0.4, 0.5) is 5.69 Å². The lowest BCUT2D eigenvalue weighted by molar-refractivity contribution is 0.324. The van der Waals surface area contributed by atoms with E-state index in [0.29, 0.717) is 23.8 Å². The Bertz CT molecular complexity index is 595. The number of ether oxygens (including phenoxy) is 3. The molecule has 0 spiro atoms. The first-order valence-electron chi connectivity index (χ1n) is 6.33. The predicted octanol–water partition coefficient (Wildman–Crippen LogP) is 3.48. The fourth-order valence-corrected chi connectivity index (χ4v) is 2.34. The summed E-state index contributed by atoms with van der Waals surface area (Å²) in [5.74, 6) is 1.86. The number of halogens is 1. The Morgan fingerprint density at radius 2 is 1.76 bits per heavy atom. The van der Waals surface area contributed by atoms with E-state index in [-0.39, 0.29) is 0 Å². The van der Waals surface area contributed by atoms with Gasteiger partial charge in [0, 0.05) is 12.7 Å². The molecule has 0 saturated carbocycles. The molecule has 0 saturated heterocycles. The summed E-state index contributed by atoms with van der Waals surface area (Å²) in [7, 11) is 4.80. The molecule has 1 N–H and O–H groups in total. The molecule has 0 aliphatic heterocycles. The molecule has 0 radical (unpaired) electrons. The second-order valence-electron chi connectivity index (χ2n) is 4.23. The maximum Gasteiger partial charge on any atom is 0.203 e. The van der Waals surface area contributed by atoms with Crippen molar-refractivity contribution in [1.82, 2.24) is 4.98 Å². The third-order valence-corrected chi connectivity index (χ3v) is 3.60. The summed E-state index contributed by atoms with van der Waals surface area (Å²) in [6.07, 6.45) is 1.73. The molecule has 0 atom stereocenters. The van der Waals surface area contributed by atoms with E-state index in [0.717, 1.165) is 15.9 Å². The first-order chi connectivity index (χ1) is 10.2. The summed E-state index contributed by atoms with van der Waals surface area (Å²) in [5.41, 5.74) is 1.94. The van der Waals surface area contributed by atoms with Crippen LogP contribution in [0.2, 0.25) is 0 Å². The first kappa shape index (κ1) is 15.4. The lowest BCUT2D eigenvalue weighted by atomic mass is 10.1. The molecule has 1 heterocycles. The van der Waals surface area contributed by atoms with Crippen LogP contribution in [0.1, 0.15) is 5.56 Å². The maximum atomic E-state index is 5.34. The van der Waals surface area contributed by atoms with E-state index in [2.05, 4.69) is 26.2 Å². The molecule has 6 heteroatoms. The van der Waals surface area contributed by atoms with E-state index >= 15 is 0 Å². The topological polar surface area (TPSA) is 52.6 Å². The SMILES string of the molecule is COc1cc(CNc2cccnc2Br)cc(OC)c1OC. The maximum absolute atomic E-state index is 5.34. The third-order valence-electron chi connectivity index (χ3n) is 2.97. The zero-order valence-electron chi connectivity index (χ0n) is 12.1. The van der Waals surface area contributed by atoms with Gasteiger partial charge in [-0.1, -0.05) is 0 Å². The molecular weight excluding hydrogens is 336 g/mol. The van der Waals surface area contributed by atoms with Gasteiger partial charge in [0.25, 0.3) is 0 Å². The lowest BCUT2D eigenvalue weighted by Gasteiger charge is -2.15. The van der Waals surface area contributed by atoms with Gasteiger partial charge >= 0.3 is 0 Å². The van der Waals surface area contributed by atoms with Gasteiger partial charge in [-0.3, -0.25) is 0 Å². The van der Waals surface area contributed by atoms with Gasteiger partial charge in [0.05, 0.1) is 27.0 Å². The van der Waals surface area contributed by atoms with Crippen molar-refractivity contribution in [3.63, 3.8) is 0 Å². The highest BCUT2D eigenvalue weighted by Gasteiger charge is 2.13. The smallest absolute Gasteiger partial charge is 0.203 e. The minimum atomic E-state index is 0.589. The van der Waals surface area contributed by atoms with Gasteiger partial charge in [-0.2, -0.15) is 0 Å². The summed E-state index contributed by atoms with van der Waals surface area (Å²) in [5, 5.41) is 3.31. The van der Waals surface area contributed by atoms with Gasteiger partial charge in [0.2, 0.25) is 5.75 Å². The number of aromatic nitrogens is 1. The van der Waals surface area contributed by atoms with Gasteiger partial charge in [-0.25, -0.2) is 4.98 Å². The number of benzene rings is 1. The number of hydrogen-bond acceptors (Lipinski definition) is 5. The van der Waals surface area contributed by atoms with E-state index in [1.54, 1.807) is 27.5 Å². The van der Waals surface area contributed by atoms with Crippen molar-refractivity contribution < 1.29 is 14.2 Å². The van der Waals surface area contributed by atoms with Crippen LogP contribution < -0.4 is 19.5 Å². The zero-order valence-corrected chi connectivity index (χ0v) is 13.7. The number of nitrogens with one attached hydrogen (secondary N) is 1. The Balaban J connectivity index is 2.22. The van der Waals surface area contributed by atoms with Gasteiger partial charge in [0.15, 0.2) is 11.5 Å². The second kappa shape index (κ2) is 7.17. The number of methoxy groups -OCH3 is 3. The van der Waals surface area contributed by atoms with Crippen LogP contribution >= 0.6 is 15.9 Å². The largest absolute Gasteiger partial charge is 0.493 e. The Hall–Kier alpha value is -1.95. The number of anilines is 1. The van der Waals surface area contributed by atoms with Crippen LogP contribution in [0.3, 0.4) is 0 Å². The minimum Gasteiger partial charge on any atom is -0.493 e. The quantitative estimate of drug-likeness (QED) is 0.806. The van der Waals surface area contributed by atoms with Gasteiger partial charge in [-0.15, -0.1) is 0 Å². The van der Waals surface area contributed by atoms with Crippen LogP contribution in [-0.2, 0) is 6.54 Å². The Labute approximate surface area is 132 Å². The third kappa shape index (κ3) is 3.58. The number of pyridine rings is 1. The summed E-state index contributed by atoms with van der Waals surface area (Å²) >= 11 is 3.41. The van der Waals surface area contributed by atoms with Crippen molar-refractivity contribution in [2.75, 3.05) is 26.6 Å². The zero-order chi connectivity index (χ0) is 15.2. The van der Waals surface area contributed by atoms with Crippen molar-refractivity contribution >= 4 is 21.6 Å². The van der Waals surface area contributed by atoms with Gasteiger partial charge in [0.1, 0.15) is 4.60 Å². The molecule has 0 amide bonds. The van der Waals surface area contributed by atoms with Gasteiger partial charge < -0.3 is 19.5 Å². The first-order valence-corrected chi connectivity index (χ1v) is 7.12. The fraction of sp³-hybridized carbons (Fsp3) is 0.267. The highest BCUT2D eigenvalue weighted by molar-refractivity contribution is 9.10. The monoisotopic (exact) mass is 352 g/mol.